The Kier molecular flexibility index (Phi) is 3.99. The van der Waals surface area contributed by atoms with Gasteiger partial charge >= 0.3 is 31.7 Å². The minimum atomic E-state index is -4.11. The molecule has 0 atom stereocenters. The highest BCUT2D eigenvalue weighted by atomic mass is 127. The summed E-state index contributed by atoms with van der Waals surface area (Å²) in [4.78, 5) is 21.6. The summed E-state index contributed by atoms with van der Waals surface area (Å²) in [6.45, 7) is 0. The average molecular weight is 354 g/mol. The van der Waals surface area contributed by atoms with Gasteiger partial charge in [-0.2, -0.15) is 0 Å². The third kappa shape index (κ3) is 2.70. The van der Waals surface area contributed by atoms with Gasteiger partial charge in [0.2, 0.25) is 0 Å². The molecule has 8 heteroatoms. The van der Waals surface area contributed by atoms with Crippen LogP contribution >= 0.6 is 19.8 Å². The van der Waals surface area contributed by atoms with E-state index in [2.05, 4.69) is 0 Å². The van der Waals surface area contributed by atoms with Crippen molar-refractivity contribution in [1.82, 2.24) is 0 Å². The number of carbonyl (C=O) groups is 2. The Balaban J connectivity index is 3.69. The van der Waals surface area contributed by atoms with Crippen LogP contribution in [0.5, 0.6) is 5.75 Å². The fourth-order valence-electron chi connectivity index (χ4n) is 1.18. The number of hydrogen-bond donors (Lipinski definition) is 2. The van der Waals surface area contributed by atoms with Crippen molar-refractivity contribution in [3.05, 3.63) is 26.8 Å². The molecule has 0 amide bonds. The molecule has 0 unspecified atom stereocenters. The summed E-state index contributed by atoms with van der Waals surface area (Å²) < 4.78 is 26.3. The lowest BCUT2D eigenvalue weighted by molar-refractivity contribution is 0.0695. The highest BCUT2D eigenvalue weighted by molar-refractivity contribution is 14.2. The van der Waals surface area contributed by atoms with Crippen molar-refractivity contribution in [1.29, 1.82) is 0 Å². The van der Waals surface area contributed by atoms with Gasteiger partial charge in [0.25, 0.3) is 0 Å². The molecule has 0 spiro atoms. The second-order valence-electron chi connectivity index (χ2n) is 2.87. The van der Waals surface area contributed by atoms with Gasteiger partial charge in [0, 0.05) is 0 Å². The van der Waals surface area contributed by atoms with Crippen molar-refractivity contribution < 1.29 is 30.7 Å². The van der Waals surface area contributed by atoms with Crippen LogP contribution in [0.1, 0.15) is 20.7 Å². The third-order valence-electron chi connectivity index (χ3n) is 1.89. The monoisotopic (exact) mass is 354 g/mol. The van der Waals surface area contributed by atoms with Crippen LogP contribution < -0.4 is 4.74 Å². The van der Waals surface area contributed by atoms with Crippen molar-refractivity contribution in [3.8, 4) is 5.75 Å². The normalized spacial score (nSPS) is 10.2. The van der Waals surface area contributed by atoms with E-state index in [4.69, 9.17) is 14.9 Å². The number of methoxy groups -OCH3 is 1. The van der Waals surface area contributed by atoms with Gasteiger partial charge < -0.3 is 14.9 Å². The minimum Gasteiger partial charge on any atom is -0.495 e. The molecule has 0 bridgehead atoms. The fourth-order valence-corrected chi connectivity index (χ4v) is 2.86. The summed E-state index contributed by atoms with van der Waals surface area (Å²) in [5.74, 6) is -3.15. The molecule has 2 N–H and O–H groups in total. The molecule has 1 aromatic rings. The molecular formula is C9H7IO7. The number of hydrogen-bond acceptors (Lipinski definition) is 5. The molecular weight excluding hydrogens is 347 g/mol. The van der Waals surface area contributed by atoms with Crippen LogP contribution in [-0.4, -0.2) is 29.3 Å². The maximum atomic E-state index is 11.0. The number of carboxylic acid groups (broad SMARTS) is 2. The van der Waals surface area contributed by atoms with Crippen LogP contribution in [-0.2, 0) is 6.14 Å². The minimum absolute atomic E-state index is 0.266. The zero-order chi connectivity index (χ0) is 13.2. The van der Waals surface area contributed by atoms with Crippen LogP contribution in [0.15, 0.2) is 12.1 Å². The van der Waals surface area contributed by atoms with Gasteiger partial charge in [-0.3, -0.25) is 0 Å². The van der Waals surface area contributed by atoms with Gasteiger partial charge in [-0.1, -0.05) is 0 Å². The van der Waals surface area contributed by atoms with Crippen molar-refractivity contribution in [2.45, 2.75) is 0 Å². The summed E-state index contributed by atoms with van der Waals surface area (Å²) in [5, 5.41) is 17.6. The van der Waals surface area contributed by atoms with E-state index in [1.165, 1.54) is 0 Å². The lowest BCUT2D eigenvalue weighted by Crippen LogP contribution is -2.07. The molecule has 0 radical (unpaired) electrons. The lowest BCUT2D eigenvalue weighted by atomic mass is 10.1. The Labute approximate surface area is 102 Å². The lowest BCUT2D eigenvalue weighted by Gasteiger charge is -2.07. The van der Waals surface area contributed by atoms with Gasteiger partial charge in [-0.25, -0.2) is 15.7 Å². The van der Waals surface area contributed by atoms with Crippen molar-refractivity contribution in [2.24, 2.45) is 0 Å². The van der Waals surface area contributed by atoms with Gasteiger partial charge in [0.15, 0.2) is 0 Å². The Morgan fingerprint density at radius 1 is 1.18 bits per heavy atom. The Morgan fingerprint density at radius 3 is 2.12 bits per heavy atom. The summed E-state index contributed by atoms with van der Waals surface area (Å²) in [7, 11) is 1.13. The molecule has 0 aromatic heterocycles. The van der Waals surface area contributed by atoms with E-state index < -0.39 is 40.9 Å². The predicted molar refractivity (Wildman–Crippen MR) is 61.0 cm³/mol. The van der Waals surface area contributed by atoms with Crippen molar-refractivity contribution in [3.63, 3.8) is 0 Å². The van der Waals surface area contributed by atoms with Crippen LogP contribution in [0.3, 0.4) is 0 Å². The number of carboxylic acids is 2. The van der Waals surface area contributed by atoms with Gasteiger partial charge in [0.05, 0.1) is 18.2 Å². The predicted octanol–water partition coefficient (Wildman–Crippen LogP) is 1.46. The van der Waals surface area contributed by atoms with Crippen LogP contribution in [0, 0.1) is 3.57 Å². The van der Waals surface area contributed by atoms with E-state index in [1.807, 2.05) is 0 Å². The molecule has 7 nitrogen and oxygen atoms in total. The molecule has 0 aliphatic heterocycles. The largest absolute Gasteiger partial charge is 0.495 e. The average Bonchev–Trinajstić information content (AvgIpc) is 2.26. The standard InChI is InChI=1S/C9H7IO7/c1-17-6-3-4(8(11)12)2-5(9(13)14)7(6)10(15)16/h2-3H,1H3,(H,11,12)(H,13,14). The number of aromatic carboxylic acids is 2. The van der Waals surface area contributed by atoms with E-state index in [1.54, 1.807) is 0 Å². The van der Waals surface area contributed by atoms with Crippen LogP contribution in [0.2, 0.25) is 0 Å². The summed E-state index contributed by atoms with van der Waals surface area (Å²) in [5.41, 5.74) is -0.933. The first-order valence-electron chi connectivity index (χ1n) is 4.12. The summed E-state index contributed by atoms with van der Waals surface area (Å²) >= 11 is -4.11. The highest BCUT2D eigenvalue weighted by Crippen LogP contribution is 2.32. The third-order valence-corrected chi connectivity index (χ3v) is 3.88. The van der Waals surface area contributed by atoms with Gasteiger partial charge in [0.1, 0.15) is 9.32 Å². The first kappa shape index (κ1) is 13.4. The first-order valence-corrected chi connectivity index (χ1v) is 6.96. The molecule has 0 aliphatic carbocycles. The highest BCUT2D eigenvalue weighted by Gasteiger charge is 2.22. The van der Waals surface area contributed by atoms with E-state index in [-0.39, 0.29) is 11.3 Å². The molecule has 0 fully saturated rings. The molecule has 0 heterocycles. The van der Waals surface area contributed by atoms with Crippen LogP contribution in [0.4, 0.5) is 0 Å². The van der Waals surface area contributed by atoms with E-state index in [0.29, 0.717) is 0 Å². The second-order valence-corrected chi connectivity index (χ2v) is 5.19. The molecule has 1 aromatic carbocycles. The molecule has 92 valence electrons. The smallest absolute Gasteiger partial charge is 0.345 e. The fraction of sp³-hybridized carbons (Fsp3) is 0.111. The maximum Gasteiger partial charge on any atom is 0.345 e. The molecule has 0 saturated heterocycles. The Hall–Kier alpha value is -1.71. The van der Waals surface area contributed by atoms with Gasteiger partial charge in [-0.05, 0) is 12.1 Å². The van der Waals surface area contributed by atoms with Gasteiger partial charge in [-0.15, -0.1) is 0 Å². The SMILES string of the molecule is COc1cc(C(=O)O)cc(C(=O)O)c1I(=O)=O. The summed E-state index contributed by atoms with van der Waals surface area (Å²) in [6.07, 6.45) is 0. The van der Waals surface area contributed by atoms with E-state index in [0.717, 1.165) is 19.2 Å². The molecule has 17 heavy (non-hydrogen) atoms. The topological polar surface area (TPSA) is 118 Å². The number of rotatable bonds is 4. The number of halogens is 1. The number of ether oxygens (including phenoxy) is 1. The van der Waals surface area contributed by atoms with Crippen molar-refractivity contribution in [2.75, 3.05) is 7.11 Å². The Bertz CT molecular complexity index is 551. The van der Waals surface area contributed by atoms with E-state index in [9.17, 15) is 15.7 Å². The zero-order valence-corrected chi connectivity index (χ0v) is 10.6. The van der Waals surface area contributed by atoms with Crippen LogP contribution in [0.25, 0.3) is 0 Å². The second kappa shape index (κ2) is 5.08. The van der Waals surface area contributed by atoms with E-state index >= 15 is 0 Å². The Morgan fingerprint density at radius 2 is 1.76 bits per heavy atom. The van der Waals surface area contributed by atoms with Crippen molar-refractivity contribution >= 4 is 31.7 Å². The quantitative estimate of drug-likeness (QED) is 0.786. The zero-order valence-electron chi connectivity index (χ0n) is 8.47. The number of benzene rings is 1. The molecule has 1 rings (SSSR count). The molecule has 0 saturated carbocycles. The summed E-state index contributed by atoms with van der Waals surface area (Å²) in [6, 6.07) is 1.77. The molecule has 0 aliphatic rings. The first-order chi connectivity index (χ1) is 7.88. The maximum absolute atomic E-state index is 11.0.